The summed E-state index contributed by atoms with van der Waals surface area (Å²) in [4.78, 5) is 14.6. The molecule has 0 amide bonds. The molecule has 0 fully saturated rings. The zero-order chi connectivity index (χ0) is 22.5. The molecule has 0 aliphatic carbocycles. The van der Waals surface area contributed by atoms with E-state index in [-0.39, 0.29) is 16.7 Å². The van der Waals surface area contributed by atoms with Gasteiger partial charge in [-0.1, -0.05) is 0 Å². The summed E-state index contributed by atoms with van der Waals surface area (Å²) in [5.74, 6) is 0.912. The molecule has 0 spiro atoms. The first kappa shape index (κ1) is 20.1. The molecule has 4 aromatic rings. The van der Waals surface area contributed by atoms with E-state index in [0.29, 0.717) is 46.9 Å². The summed E-state index contributed by atoms with van der Waals surface area (Å²) in [6, 6.07) is 6.21. The predicted octanol–water partition coefficient (Wildman–Crippen LogP) is 2.74. The van der Waals surface area contributed by atoms with Crippen LogP contribution >= 0.6 is 0 Å². The van der Waals surface area contributed by atoms with Gasteiger partial charge in [-0.2, -0.15) is 10.1 Å². The van der Waals surface area contributed by atoms with Gasteiger partial charge in [-0.3, -0.25) is 10.00 Å². The second-order valence-electron chi connectivity index (χ2n) is 7.22. The summed E-state index contributed by atoms with van der Waals surface area (Å²) in [6.45, 7) is 0.382. The lowest BCUT2D eigenvalue weighted by molar-refractivity contribution is 0.357. The van der Waals surface area contributed by atoms with Gasteiger partial charge in [-0.25, -0.2) is 22.8 Å². The maximum Gasteiger partial charge on any atom is 0.237 e. The van der Waals surface area contributed by atoms with Crippen LogP contribution in [0.4, 0.5) is 27.7 Å². The number of ether oxygens (including phenoxy) is 1. The summed E-state index contributed by atoms with van der Waals surface area (Å²) in [5, 5.41) is 10.4. The quantitative estimate of drug-likeness (QED) is 0.467. The van der Waals surface area contributed by atoms with Crippen LogP contribution in [-0.4, -0.2) is 53.5 Å². The average molecular weight is 455 g/mol. The van der Waals surface area contributed by atoms with Crippen LogP contribution in [-0.2, 0) is 16.3 Å². The summed E-state index contributed by atoms with van der Waals surface area (Å²) >= 11 is 0. The second kappa shape index (κ2) is 7.41. The topological polar surface area (TPSA) is 126 Å². The molecule has 1 aliphatic heterocycles. The van der Waals surface area contributed by atoms with E-state index in [0.717, 1.165) is 12.5 Å². The van der Waals surface area contributed by atoms with Gasteiger partial charge in [0, 0.05) is 37.6 Å². The smallest absolute Gasteiger partial charge is 0.237 e. The first-order chi connectivity index (χ1) is 15.3. The van der Waals surface area contributed by atoms with E-state index >= 15 is 0 Å². The summed E-state index contributed by atoms with van der Waals surface area (Å²) in [7, 11) is -1.84. The number of aromatic amines is 1. The monoisotopic (exact) mass is 455 g/mol. The molecule has 32 heavy (non-hydrogen) atoms. The highest BCUT2D eigenvalue weighted by atomic mass is 32.2. The van der Waals surface area contributed by atoms with E-state index in [1.54, 1.807) is 25.4 Å². The van der Waals surface area contributed by atoms with Crippen molar-refractivity contribution in [2.24, 2.45) is 0 Å². The summed E-state index contributed by atoms with van der Waals surface area (Å²) in [5.41, 5.74) is 1.38. The SMILES string of the molecule is CNc1ccnc(N(c2cc3c(c(S(C)(=O)=O)c2)CCO3)c2n[nH]c3ncc(F)cc23)n1. The van der Waals surface area contributed by atoms with Crippen LogP contribution in [0, 0.1) is 5.82 Å². The molecule has 0 unspecified atom stereocenters. The molecule has 2 N–H and O–H groups in total. The average Bonchev–Trinajstić information content (AvgIpc) is 3.40. The van der Waals surface area contributed by atoms with Gasteiger partial charge in [0.25, 0.3) is 0 Å². The van der Waals surface area contributed by atoms with Crippen molar-refractivity contribution >= 4 is 44.1 Å². The molecule has 12 heteroatoms. The van der Waals surface area contributed by atoms with Crippen LogP contribution in [0.25, 0.3) is 11.0 Å². The molecule has 0 radical (unpaired) electrons. The van der Waals surface area contributed by atoms with Crippen molar-refractivity contribution in [1.82, 2.24) is 25.1 Å². The summed E-state index contributed by atoms with van der Waals surface area (Å²) < 4.78 is 44.8. The molecule has 1 aromatic carbocycles. The normalized spacial score (nSPS) is 13.1. The molecule has 164 valence electrons. The number of aromatic nitrogens is 5. The number of hydrogen-bond donors (Lipinski definition) is 2. The molecule has 4 heterocycles. The van der Waals surface area contributed by atoms with Gasteiger partial charge < -0.3 is 10.1 Å². The van der Waals surface area contributed by atoms with E-state index in [9.17, 15) is 12.8 Å². The number of nitrogens with zero attached hydrogens (tertiary/aromatic N) is 5. The van der Waals surface area contributed by atoms with Crippen molar-refractivity contribution in [2.75, 3.05) is 30.1 Å². The van der Waals surface area contributed by atoms with Gasteiger partial charge in [-0.15, -0.1) is 0 Å². The molecule has 0 atom stereocenters. The zero-order valence-electron chi connectivity index (χ0n) is 17.1. The van der Waals surface area contributed by atoms with Gasteiger partial charge in [0.2, 0.25) is 5.95 Å². The molecule has 1 aliphatic rings. The molecule has 5 rings (SSSR count). The highest BCUT2D eigenvalue weighted by molar-refractivity contribution is 7.90. The van der Waals surface area contributed by atoms with E-state index in [1.807, 2.05) is 0 Å². The zero-order valence-corrected chi connectivity index (χ0v) is 17.9. The minimum atomic E-state index is -3.56. The first-order valence-electron chi connectivity index (χ1n) is 9.65. The molecule has 3 aromatic heterocycles. The Kier molecular flexibility index (Phi) is 4.66. The molecule has 0 saturated heterocycles. The lowest BCUT2D eigenvalue weighted by Gasteiger charge is -2.22. The number of halogens is 1. The number of fused-ring (bicyclic) bond motifs is 2. The van der Waals surface area contributed by atoms with Crippen molar-refractivity contribution in [3.05, 3.63) is 48.0 Å². The summed E-state index contributed by atoms with van der Waals surface area (Å²) in [6.07, 6.45) is 4.27. The van der Waals surface area contributed by atoms with E-state index in [2.05, 4.69) is 30.5 Å². The van der Waals surface area contributed by atoms with Crippen LogP contribution in [0.5, 0.6) is 5.75 Å². The van der Waals surface area contributed by atoms with Crippen LogP contribution in [0.1, 0.15) is 5.56 Å². The van der Waals surface area contributed by atoms with E-state index in [4.69, 9.17) is 4.74 Å². The lowest BCUT2D eigenvalue weighted by atomic mass is 10.1. The fourth-order valence-electron chi connectivity index (χ4n) is 3.67. The van der Waals surface area contributed by atoms with E-state index in [1.165, 1.54) is 17.0 Å². The Morgan fingerprint density at radius 2 is 2.09 bits per heavy atom. The molecule has 0 bridgehead atoms. The molecular formula is C20H18FN7O3S. The van der Waals surface area contributed by atoms with Gasteiger partial charge in [0.1, 0.15) is 17.4 Å². The Hall–Kier alpha value is -3.80. The van der Waals surface area contributed by atoms with Crippen molar-refractivity contribution < 1.29 is 17.5 Å². The third kappa shape index (κ3) is 3.38. The van der Waals surface area contributed by atoms with Gasteiger partial charge in [-0.05, 0) is 18.2 Å². The molecule has 0 saturated carbocycles. The minimum Gasteiger partial charge on any atom is -0.493 e. The van der Waals surface area contributed by atoms with Crippen molar-refractivity contribution in [2.45, 2.75) is 11.3 Å². The van der Waals surface area contributed by atoms with Gasteiger partial charge in [0.05, 0.1) is 28.8 Å². The number of rotatable bonds is 5. The van der Waals surface area contributed by atoms with Crippen LogP contribution in [0.3, 0.4) is 0 Å². The number of nitrogens with one attached hydrogen (secondary N) is 2. The fraction of sp³-hybridized carbons (Fsp3) is 0.200. The number of hydrogen-bond acceptors (Lipinski definition) is 9. The van der Waals surface area contributed by atoms with Gasteiger partial charge in [0.15, 0.2) is 21.3 Å². The predicted molar refractivity (Wildman–Crippen MR) is 116 cm³/mol. The van der Waals surface area contributed by atoms with Crippen molar-refractivity contribution in [3.63, 3.8) is 0 Å². The number of sulfone groups is 1. The second-order valence-corrected chi connectivity index (χ2v) is 9.20. The number of benzene rings is 1. The largest absolute Gasteiger partial charge is 0.493 e. The number of pyridine rings is 1. The number of H-pyrrole nitrogens is 1. The Labute approximate surface area is 182 Å². The Morgan fingerprint density at radius 1 is 1.25 bits per heavy atom. The maximum absolute atomic E-state index is 14.0. The molecular weight excluding hydrogens is 437 g/mol. The lowest BCUT2D eigenvalue weighted by Crippen LogP contribution is -2.16. The van der Waals surface area contributed by atoms with Crippen LogP contribution < -0.4 is 15.0 Å². The van der Waals surface area contributed by atoms with Crippen LogP contribution in [0.15, 0.2) is 41.6 Å². The van der Waals surface area contributed by atoms with Gasteiger partial charge >= 0.3 is 0 Å². The van der Waals surface area contributed by atoms with Crippen LogP contribution in [0.2, 0.25) is 0 Å². The Bertz CT molecular complexity index is 1460. The van der Waals surface area contributed by atoms with Crippen molar-refractivity contribution in [3.8, 4) is 5.75 Å². The Morgan fingerprint density at radius 3 is 2.88 bits per heavy atom. The number of anilines is 4. The fourth-order valence-corrected chi connectivity index (χ4v) is 4.65. The first-order valence-corrected chi connectivity index (χ1v) is 11.5. The molecule has 10 nitrogen and oxygen atoms in total. The third-order valence-electron chi connectivity index (χ3n) is 5.09. The minimum absolute atomic E-state index is 0.154. The van der Waals surface area contributed by atoms with E-state index < -0.39 is 15.7 Å². The standard InChI is InChI=1S/C20H18FN7O3S/c1-22-17-3-5-23-20(25-17)28(19-14-7-11(21)10-24-18(14)26-27-19)12-8-15-13(4-6-31-15)16(9-12)32(2,29)30/h3,5,7-10H,4,6H2,1-2H3,(H,22,23,25)(H,24,26,27). The maximum atomic E-state index is 14.0. The highest BCUT2D eigenvalue weighted by Gasteiger charge is 2.28. The highest BCUT2D eigenvalue weighted by Crippen LogP contribution is 2.41. The third-order valence-corrected chi connectivity index (χ3v) is 6.26. The van der Waals surface area contributed by atoms with Crippen molar-refractivity contribution in [1.29, 1.82) is 0 Å². The Balaban J connectivity index is 1.80.